The highest BCUT2D eigenvalue weighted by Crippen LogP contribution is 1.96. The zero-order valence-electron chi connectivity index (χ0n) is 17.9. The predicted octanol–water partition coefficient (Wildman–Crippen LogP) is 1.92. The molecule has 0 aliphatic carbocycles. The third kappa shape index (κ3) is 20.5. The third-order valence-corrected chi connectivity index (χ3v) is 3.79. The molecular formula is C21H37N5O4. The normalized spacial score (nSPS) is 20.5. The van der Waals surface area contributed by atoms with Gasteiger partial charge in [-0.05, 0) is 38.1 Å². The standard InChI is InChI=1S/C5H11N.C4H9NO.C4H7NO.2C4H5NO/c1-2-4-6-5-3-1;1-3-6-4-2-5-1;3*1-2-5-4-6-3-1/h6H,1-5H2;5H,1-4H2;4H,1-3H2;1,3-4H,2H2;1-2,4H,3H2. The van der Waals surface area contributed by atoms with Crippen molar-refractivity contribution < 1.29 is 18.9 Å². The maximum Gasteiger partial charge on any atom is 0.176 e. The van der Waals surface area contributed by atoms with Gasteiger partial charge in [-0.3, -0.25) is 9.98 Å². The quantitative estimate of drug-likeness (QED) is 0.618. The van der Waals surface area contributed by atoms with Crippen LogP contribution in [0.15, 0.2) is 39.6 Å². The van der Waals surface area contributed by atoms with Crippen molar-refractivity contribution >= 4 is 19.2 Å². The molecule has 2 N–H and O–H groups in total. The molecule has 0 bridgehead atoms. The molecule has 0 radical (unpaired) electrons. The first-order valence-corrected chi connectivity index (χ1v) is 10.7. The zero-order valence-corrected chi connectivity index (χ0v) is 17.9. The summed E-state index contributed by atoms with van der Waals surface area (Å²) < 4.78 is 19.1. The van der Waals surface area contributed by atoms with E-state index >= 15 is 0 Å². The molecule has 2 fully saturated rings. The van der Waals surface area contributed by atoms with Gasteiger partial charge in [0.15, 0.2) is 19.2 Å². The number of aliphatic imine (C=N–C) groups is 3. The number of nitrogens with one attached hydrogen (secondary N) is 2. The van der Waals surface area contributed by atoms with Crippen molar-refractivity contribution in [2.24, 2.45) is 15.0 Å². The Hall–Kier alpha value is -2.23. The largest absolute Gasteiger partial charge is 0.483 e. The SMILES string of the molecule is C1=CN=COC1.C1=COC=NC1.C1=NCCCO1.C1CCNCC1.C1COCCN1. The molecule has 5 aliphatic heterocycles. The minimum Gasteiger partial charge on any atom is -0.483 e. The molecule has 0 aromatic heterocycles. The molecule has 5 rings (SSSR count). The van der Waals surface area contributed by atoms with Gasteiger partial charge in [0.1, 0.15) is 6.61 Å². The van der Waals surface area contributed by atoms with Crippen LogP contribution in [-0.2, 0) is 18.9 Å². The third-order valence-electron chi connectivity index (χ3n) is 3.79. The summed E-state index contributed by atoms with van der Waals surface area (Å²) in [6.45, 7) is 9.56. The Balaban J connectivity index is 0.000000187. The van der Waals surface area contributed by atoms with Crippen LogP contribution >= 0.6 is 0 Å². The average Bonchev–Trinajstić information content (AvgIpc) is 2.91. The number of morpholine rings is 1. The lowest BCUT2D eigenvalue weighted by Gasteiger charge is -2.10. The number of rotatable bonds is 0. The van der Waals surface area contributed by atoms with E-state index in [1.165, 1.54) is 51.6 Å². The summed E-state index contributed by atoms with van der Waals surface area (Å²) in [4.78, 5) is 11.2. The van der Waals surface area contributed by atoms with E-state index < -0.39 is 0 Å². The number of hydrogen-bond acceptors (Lipinski definition) is 9. The zero-order chi connectivity index (χ0) is 21.2. The summed E-state index contributed by atoms with van der Waals surface area (Å²) in [6, 6.07) is 0. The molecule has 0 aromatic carbocycles. The van der Waals surface area contributed by atoms with Gasteiger partial charge < -0.3 is 29.6 Å². The van der Waals surface area contributed by atoms with Gasteiger partial charge in [0.25, 0.3) is 0 Å². The molecule has 170 valence electrons. The monoisotopic (exact) mass is 423 g/mol. The Morgan fingerprint density at radius 1 is 0.700 bits per heavy atom. The van der Waals surface area contributed by atoms with E-state index in [1.807, 2.05) is 12.2 Å². The molecule has 9 nitrogen and oxygen atoms in total. The molecular weight excluding hydrogens is 386 g/mol. The van der Waals surface area contributed by atoms with E-state index in [0.717, 1.165) is 52.4 Å². The Kier molecular flexibility index (Phi) is 19.8. The minimum atomic E-state index is 0.670. The first-order valence-electron chi connectivity index (χ1n) is 10.7. The number of nitrogens with zero attached hydrogens (tertiary/aromatic N) is 3. The van der Waals surface area contributed by atoms with Crippen LogP contribution in [-0.4, -0.2) is 84.9 Å². The molecule has 0 atom stereocenters. The van der Waals surface area contributed by atoms with Crippen LogP contribution in [0.2, 0.25) is 0 Å². The Morgan fingerprint density at radius 2 is 1.53 bits per heavy atom. The highest BCUT2D eigenvalue weighted by molar-refractivity contribution is 5.49. The molecule has 5 aliphatic rings. The highest BCUT2D eigenvalue weighted by atomic mass is 16.5. The molecule has 2 saturated heterocycles. The van der Waals surface area contributed by atoms with E-state index in [9.17, 15) is 0 Å². The van der Waals surface area contributed by atoms with Crippen LogP contribution in [0.5, 0.6) is 0 Å². The fourth-order valence-electron chi connectivity index (χ4n) is 2.28. The molecule has 0 spiro atoms. The van der Waals surface area contributed by atoms with Crippen molar-refractivity contribution in [3.63, 3.8) is 0 Å². The van der Waals surface area contributed by atoms with Gasteiger partial charge in [0, 0.05) is 32.3 Å². The summed E-state index contributed by atoms with van der Waals surface area (Å²) >= 11 is 0. The Morgan fingerprint density at radius 3 is 1.70 bits per heavy atom. The van der Waals surface area contributed by atoms with Crippen molar-refractivity contribution in [3.8, 4) is 0 Å². The van der Waals surface area contributed by atoms with E-state index in [1.54, 1.807) is 12.5 Å². The van der Waals surface area contributed by atoms with Gasteiger partial charge in [-0.15, -0.1) is 0 Å². The van der Waals surface area contributed by atoms with E-state index in [2.05, 4.69) is 30.3 Å². The van der Waals surface area contributed by atoms with Gasteiger partial charge in [0.05, 0.1) is 32.6 Å². The van der Waals surface area contributed by atoms with Crippen molar-refractivity contribution in [3.05, 3.63) is 24.6 Å². The first kappa shape index (κ1) is 25.8. The van der Waals surface area contributed by atoms with E-state index in [-0.39, 0.29) is 0 Å². The van der Waals surface area contributed by atoms with Gasteiger partial charge in [-0.25, -0.2) is 4.99 Å². The molecule has 0 unspecified atom stereocenters. The molecule has 9 heteroatoms. The van der Waals surface area contributed by atoms with Crippen molar-refractivity contribution in [1.29, 1.82) is 0 Å². The first-order chi connectivity index (χ1) is 15.0. The summed E-state index contributed by atoms with van der Waals surface area (Å²) in [5, 5.41) is 6.44. The fraction of sp³-hybridized carbons (Fsp3) is 0.667. The van der Waals surface area contributed by atoms with Crippen LogP contribution in [0.1, 0.15) is 25.7 Å². The predicted molar refractivity (Wildman–Crippen MR) is 122 cm³/mol. The van der Waals surface area contributed by atoms with Crippen LogP contribution in [0.25, 0.3) is 0 Å². The van der Waals surface area contributed by atoms with E-state index in [4.69, 9.17) is 14.2 Å². The van der Waals surface area contributed by atoms with E-state index in [0.29, 0.717) is 6.61 Å². The highest BCUT2D eigenvalue weighted by Gasteiger charge is 1.94. The summed E-state index contributed by atoms with van der Waals surface area (Å²) in [7, 11) is 0. The second-order valence-electron chi connectivity index (χ2n) is 6.36. The topological polar surface area (TPSA) is 98.1 Å². The summed E-state index contributed by atoms with van der Waals surface area (Å²) in [5.41, 5.74) is 0. The Bertz CT molecular complexity index is 424. The van der Waals surface area contributed by atoms with Gasteiger partial charge in [-0.2, -0.15) is 0 Å². The average molecular weight is 424 g/mol. The lowest BCUT2D eigenvalue weighted by Crippen LogP contribution is -2.30. The lowest BCUT2D eigenvalue weighted by atomic mass is 10.2. The lowest BCUT2D eigenvalue weighted by molar-refractivity contribution is 0.109. The minimum absolute atomic E-state index is 0.670. The summed E-state index contributed by atoms with van der Waals surface area (Å²) in [5.74, 6) is 0. The van der Waals surface area contributed by atoms with Crippen molar-refractivity contribution in [2.75, 3.05) is 65.7 Å². The number of hydrogen-bond donors (Lipinski definition) is 2. The van der Waals surface area contributed by atoms with Crippen LogP contribution in [0.3, 0.4) is 0 Å². The molecule has 0 amide bonds. The van der Waals surface area contributed by atoms with Crippen LogP contribution in [0, 0.1) is 0 Å². The van der Waals surface area contributed by atoms with Crippen molar-refractivity contribution in [2.45, 2.75) is 25.7 Å². The Labute approximate surface area is 180 Å². The van der Waals surface area contributed by atoms with Gasteiger partial charge >= 0.3 is 0 Å². The molecule has 0 saturated carbocycles. The molecule has 5 heterocycles. The smallest absolute Gasteiger partial charge is 0.176 e. The van der Waals surface area contributed by atoms with Gasteiger partial charge in [0.2, 0.25) is 0 Å². The number of ether oxygens (including phenoxy) is 4. The second kappa shape index (κ2) is 23.1. The molecule has 0 aromatic rings. The molecule has 30 heavy (non-hydrogen) atoms. The maximum atomic E-state index is 5.01. The summed E-state index contributed by atoms with van der Waals surface area (Å²) in [6.07, 6.45) is 16.7. The van der Waals surface area contributed by atoms with Crippen LogP contribution in [0.4, 0.5) is 0 Å². The van der Waals surface area contributed by atoms with Gasteiger partial charge in [-0.1, -0.05) is 6.42 Å². The second-order valence-corrected chi connectivity index (χ2v) is 6.36. The van der Waals surface area contributed by atoms with Crippen LogP contribution < -0.4 is 10.6 Å². The number of piperidine rings is 1. The fourth-order valence-corrected chi connectivity index (χ4v) is 2.28. The maximum absolute atomic E-state index is 5.01. The van der Waals surface area contributed by atoms with Crippen molar-refractivity contribution in [1.82, 2.24) is 10.6 Å².